The Labute approximate surface area is 205 Å². The number of allylic oxidation sites excluding steroid dienone is 2. The molecule has 0 unspecified atom stereocenters. The van der Waals surface area contributed by atoms with Crippen molar-refractivity contribution in [2.45, 2.75) is 65.2 Å². The minimum absolute atomic E-state index is 0.936. The summed E-state index contributed by atoms with van der Waals surface area (Å²) in [5, 5.41) is 0. The molecule has 0 fully saturated rings. The molecule has 0 bridgehead atoms. The average Bonchev–Trinajstić information content (AvgIpc) is 2.86. The quantitative estimate of drug-likeness (QED) is 0.166. The second-order valence-corrected chi connectivity index (χ2v) is 9.12. The van der Waals surface area contributed by atoms with Crippen LogP contribution in [0.3, 0.4) is 0 Å². The Kier molecular flexibility index (Phi) is 7.90. The molecule has 176 valence electrons. The van der Waals surface area contributed by atoms with Gasteiger partial charge in [-0.2, -0.15) is 0 Å². The van der Waals surface area contributed by atoms with E-state index in [2.05, 4.69) is 86.5 Å². The fourth-order valence-corrected chi connectivity index (χ4v) is 4.68. The van der Waals surface area contributed by atoms with Crippen LogP contribution in [-0.4, -0.2) is 0 Å². The van der Waals surface area contributed by atoms with Crippen LogP contribution in [0.5, 0.6) is 11.5 Å². The summed E-state index contributed by atoms with van der Waals surface area (Å²) in [4.78, 5) is 2.39. The van der Waals surface area contributed by atoms with Crippen molar-refractivity contribution in [1.29, 1.82) is 0 Å². The molecule has 1 aliphatic heterocycles. The molecule has 0 spiro atoms. The van der Waals surface area contributed by atoms with Crippen LogP contribution in [-0.2, 0) is 25.7 Å². The summed E-state index contributed by atoms with van der Waals surface area (Å²) in [6.07, 6.45) is 12.4. The highest BCUT2D eigenvalue weighted by atomic mass is 16.5. The first-order valence-electron chi connectivity index (χ1n) is 12.7. The smallest absolute Gasteiger partial charge is 0.151 e. The fourth-order valence-electron chi connectivity index (χ4n) is 4.68. The van der Waals surface area contributed by atoms with E-state index in [1.165, 1.54) is 27.9 Å². The third kappa shape index (κ3) is 5.28. The van der Waals surface area contributed by atoms with E-state index in [0.717, 1.165) is 74.2 Å². The highest BCUT2D eigenvalue weighted by Gasteiger charge is 2.26. The Bertz CT molecular complexity index is 1070. The molecular formula is C32H37NO. The number of benzene rings is 3. The summed E-state index contributed by atoms with van der Waals surface area (Å²) in [7, 11) is 0. The third-order valence-corrected chi connectivity index (χ3v) is 6.61. The van der Waals surface area contributed by atoms with Gasteiger partial charge < -0.3 is 9.64 Å². The molecule has 0 saturated heterocycles. The first-order valence-corrected chi connectivity index (χ1v) is 12.7. The van der Waals surface area contributed by atoms with E-state index in [-0.39, 0.29) is 0 Å². The molecule has 1 heterocycles. The third-order valence-electron chi connectivity index (χ3n) is 6.61. The van der Waals surface area contributed by atoms with Gasteiger partial charge in [-0.3, -0.25) is 0 Å². The number of nitrogens with zero attached hydrogens (tertiary/aromatic N) is 1. The highest BCUT2D eigenvalue weighted by Crippen LogP contribution is 2.51. The zero-order valence-electron chi connectivity index (χ0n) is 20.8. The van der Waals surface area contributed by atoms with Gasteiger partial charge in [-0.1, -0.05) is 44.2 Å². The van der Waals surface area contributed by atoms with Crippen LogP contribution < -0.4 is 9.64 Å². The normalized spacial score (nSPS) is 12.0. The zero-order chi connectivity index (χ0) is 23.9. The maximum atomic E-state index is 6.47. The van der Waals surface area contributed by atoms with Gasteiger partial charge >= 0.3 is 0 Å². The first kappa shape index (κ1) is 23.9. The van der Waals surface area contributed by atoms with Gasteiger partial charge in [0.05, 0.1) is 11.4 Å². The van der Waals surface area contributed by atoms with Crippen molar-refractivity contribution >= 4 is 17.1 Å². The molecule has 0 aromatic heterocycles. The van der Waals surface area contributed by atoms with Crippen LogP contribution in [0, 0.1) is 0 Å². The average molecular weight is 452 g/mol. The lowest BCUT2D eigenvalue weighted by Crippen LogP contribution is -2.17. The van der Waals surface area contributed by atoms with Crippen molar-refractivity contribution in [2.24, 2.45) is 0 Å². The molecule has 3 aromatic rings. The predicted molar refractivity (Wildman–Crippen MR) is 146 cm³/mol. The Morgan fingerprint density at radius 1 is 0.676 bits per heavy atom. The molecule has 34 heavy (non-hydrogen) atoms. The van der Waals surface area contributed by atoms with E-state index < -0.39 is 0 Å². The van der Waals surface area contributed by atoms with Crippen molar-refractivity contribution < 1.29 is 4.74 Å². The molecule has 0 aliphatic carbocycles. The minimum Gasteiger partial charge on any atom is -0.453 e. The van der Waals surface area contributed by atoms with E-state index >= 15 is 0 Å². The summed E-state index contributed by atoms with van der Waals surface area (Å²) in [6, 6.07) is 20.4. The van der Waals surface area contributed by atoms with E-state index in [9.17, 15) is 0 Å². The van der Waals surface area contributed by atoms with Crippen molar-refractivity contribution in [3.63, 3.8) is 0 Å². The SMILES string of the molecule is C=CCCCc1cc(CCCC=C)cc(N2c3ccc(CC)cc3Oc3cc(CC)ccc32)c1. The van der Waals surface area contributed by atoms with Gasteiger partial charge in [-0.25, -0.2) is 0 Å². The van der Waals surface area contributed by atoms with E-state index in [4.69, 9.17) is 4.74 Å². The molecule has 1 aliphatic rings. The summed E-state index contributed by atoms with van der Waals surface area (Å²) in [5.74, 6) is 1.87. The fraction of sp³-hybridized carbons (Fsp3) is 0.312. The van der Waals surface area contributed by atoms with Crippen LogP contribution in [0.15, 0.2) is 79.9 Å². The molecule has 0 amide bonds. The standard InChI is InChI=1S/C32H37NO/c1-5-9-11-13-26-19-27(14-12-10-6-2)21-28(20-26)33-29-17-15-24(7-3)22-31(29)34-32-23-25(8-4)16-18-30(32)33/h5-6,15-23H,1-2,7-14H2,3-4H3. The van der Waals surface area contributed by atoms with Gasteiger partial charge in [-0.05, 0) is 110 Å². The maximum Gasteiger partial charge on any atom is 0.151 e. The summed E-state index contributed by atoms with van der Waals surface area (Å²) < 4.78 is 6.47. The Hall–Kier alpha value is -3.26. The molecule has 0 radical (unpaired) electrons. The largest absolute Gasteiger partial charge is 0.453 e. The second-order valence-electron chi connectivity index (χ2n) is 9.12. The number of fused-ring (bicyclic) bond motifs is 2. The minimum atomic E-state index is 0.936. The number of unbranched alkanes of at least 4 members (excludes halogenated alkanes) is 2. The molecule has 0 atom stereocenters. The number of hydrogen-bond donors (Lipinski definition) is 0. The van der Waals surface area contributed by atoms with Crippen LogP contribution in [0.4, 0.5) is 17.1 Å². The summed E-state index contributed by atoms with van der Waals surface area (Å²) in [6.45, 7) is 12.2. The summed E-state index contributed by atoms with van der Waals surface area (Å²) >= 11 is 0. The lowest BCUT2D eigenvalue weighted by atomic mass is 9.99. The number of hydrogen-bond acceptors (Lipinski definition) is 2. The monoisotopic (exact) mass is 451 g/mol. The van der Waals surface area contributed by atoms with Crippen molar-refractivity contribution in [3.8, 4) is 11.5 Å². The van der Waals surface area contributed by atoms with Gasteiger partial charge in [0.25, 0.3) is 0 Å². The van der Waals surface area contributed by atoms with E-state index in [1.807, 2.05) is 12.2 Å². The lowest BCUT2D eigenvalue weighted by molar-refractivity contribution is 0.475. The molecule has 2 heteroatoms. The molecule has 3 aromatic carbocycles. The van der Waals surface area contributed by atoms with Crippen LogP contribution in [0.2, 0.25) is 0 Å². The number of rotatable bonds is 11. The van der Waals surface area contributed by atoms with Crippen molar-refractivity contribution in [2.75, 3.05) is 4.90 Å². The Balaban J connectivity index is 1.82. The molecular weight excluding hydrogens is 414 g/mol. The van der Waals surface area contributed by atoms with Gasteiger partial charge in [0, 0.05) is 5.69 Å². The second kappa shape index (κ2) is 11.2. The molecule has 0 saturated carbocycles. The zero-order valence-corrected chi connectivity index (χ0v) is 20.8. The predicted octanol–water partition coefficient (Wildman–Crippen LogP) is 9.40. The van der Waals surface area contributed by atoms with Crippen LogP contribution >= 0.6 is 0 Å². The Morgan fingerprint density at radius 3 is 1.62 bits per heavy atom. The lowest BCUT2D eigenvalue weighted by Gasteiger charge is -2.34. The Morgan fingerprint density at radius 2 is 1.18 bits per heavy atom. The van der Waals surface area contributed by atoms with Gasteiger partial charge in [0.1, 0.15) is 0 Å². The van der Waals surface area contributed by atoms with Crippen LogP contribution in [0.1, 0.15) is 61.8 Å². The van der Waals surface area contributed by atoms with Crippen molar-refractivity contribution in [3.05, 3.63) is 102 Å². The molecule has 0 N–H and O–H groups in total. The van der Waals surface area contributed by atoms with E-state index in [1.54, 1.807) is 0 Å². The topological polar surface area (TPSA) is 12.5 Å². The van der Waals surface area contributed by atoms with E-state index in [0.29, 0.717) is 0 Å². The van der Waals surface area contributed by atoms with Crippen LogP contribution in [0.25, 0.3) is 0 Å². The number of anilines is 3. The maximum absolute atomic E-state index is 6.47. The van der Waals surface area contributed by atoms with Gasteiger partial charge in [0.2, 0.25) is 0 Å². The highest BCUT2D eigenvalue weighted by molar-refractivity contribution is 5.86. The first-order chi connectivity index (χ1) is 16.7. The number of aryl methyl sites for hydroxylation is 4. The number of ether oxygens (including phenoxy) is 1. The summed E-state index contributed by atoms with van der Waals surface area (Å²) in [5.41, 5.74) is 8.78. The van der Waals surface area contributed by atoms with Gasteiger partial charge in [0.15, 0.2) is 11.5 Å². The van der Waals surface area contributed by atoms with Crippen molar-refractivity contribution in [1.82, 2.24) is 0 Å². The van der Waals surface area contributed by atoms with Gasteiger partial charge in [-0.15, -0.1) is 13.2 Å². The molecule has 2 nitrogen and oxygen atoms in total. The molecule has 4 rings (SSSR count).